The Kier molecular flexibility index (Phi) is 7.67. The molecule has 1 aromatic carbocycles. The number of pyridine rings is 1. The average Bonchev–Trinajstić information content (AvgIpc) is 3.20. The van der Waals surface area contributed by atoms with Gasteiger partial charge in [0.1, 0.15) is 5.82 Å². The van der Waals surface area contributed by atoms with E-state index in [1.54, 1.807) is 30.9 Å². The van der Waals surface area contributed by atoms with E-state index in [-0.39, 0.29) is 0 Å². The van der Waals surface area contributed by atoms with Crippen molar-refractivity contribution in [3.63, 3.8) is 0 Å². The molecule has 4 aromatic rings. The Morgan fingerprint density at radius 1 is 1.06 bits per heavy atom. The van der Waals surface area contributed by atoms with Crippen molar-refractivity contribution in [3.8, 4) is 0 Å². The first-order chi connectivity index (χ1) is 16.7. The maximum Gasteiger partial charge on any atom is 0.229 e. The highest BCUT2D eigenvalue weighted by Crippen LogP contribution is 2.24. The summed E-state index contributed by atoms with van der Waals surface area (Å²) >= 11 is 6.07. The third-order valence-electron chi connectivity index (χ3n) is 5.22. The highest BCUT2D eigenvalue weighted by Gasteiger charge is 2.14. The first-order valence-corrected chi connectivity index (χ1v) is 12.0. The second kappa shape index (κ2) is 10.9. The fourth-order valence-electron chi connectivity index (χ4n) is 3.72. The number of unbranched alkanes of at least 4 members (excludes halogenated alkanes) is 1. The van der Waals surface area contributed by atoms with E-state index in [0.29, 0.717) is 17.5 Å². The monoisotopic (exact) mass is 494 g/mol. The molecule has 0 unspecified atom stereocenters. The summed E-state index contributed by atoms with van der Waals surface area (Å²) in [5.41, 5.74) is 2.74. The molecule has 0 aliphatic heterocycles. The molecule has 10 heteroatoms. The van der Waals surface area contributed by atoms with Crippen molar-refractivity contribution in [3.05, 3.63) is 59.6 Å². The van der Waals surface area contributed by atoms with E-state index in [4.69, 9.17) is 11.6 Å². The fourth-order valence-corrected chi connectivity index (χ4v) is 3.89. The predicted octanol–water partition coefficient (Wildman–Crippen LogP) is 5.00. The Hall–Kier alpha value is -3.43. The molecular formula is C25H31ClN8O. The van der Waals surface area contributed by atoms with Crippen LogP contribution in [0, 0.1) is 6.92 Å². The Labute approximate surface area is 210 Å². The summed E-state index contributed by atoms with van der Waals surface area (Å²) in [4.78, 5) is 13.4. The SMILES string of the molecule is Cc1cc(NCCCCNc2ccnc3cc(Cl)ccc23)nc(Nc2cnn(CC(C)(C)O)c2)n1. The van der Waals surface area contributed by atoms with Crippen LogP contribution < -0.4 is 16.0 Å². The van der Waals surface area contributed by atoms with Crippen LogP contribution in [-0.4, -0.2) is 48.5 Å². The predicted molar refractivity (Wildman–Crippen MR) is 142 cm³/mol. The normalized spacial score (nSPS) is 11.6. The molecule has 4 rings (SSSR count). The zero-order valence-electron chi connectivity index (χ0n) is 20.2. The maximum atomic E-state index is 9.96. The lowest BCUT2D eigenvalue weighted by molar-refractivity contribution is 0.0578. The van der Waals surface area contributed by atoms with Gasteiger partial charge in [0, 0.05) is 53.3 Å². The lowest BCUT2D eigenvalue weighted by Crippen LogP contribution is -2.26. The number of nitrogens with zero attached hydrogens (tertiary/aromatic N) is 5. The first-order valence-electron chi connectivity index (χ1n) is 11.6. The molecule has 184 valence electrons. The van der Waals surface area contributed by atoms with Crippen LogP contribution in [0.2, 0.25) is 5.02 Å². The minimum absolute atomic E-state index is 0.400. The van der Waals surface area contributed by atoms with Gasteiger partial charge in [-0.1, -0.05) is 11.6 Å². The zero-order chi connectivity index (χ0) is 24.8. The van der Waals surface area contributed by atoms with Gasteiger partial charge >= 0.3 is 0 Å². The highest BCUT2D eigenvalue weighted by molar-refractivity contribution is 6.31. The number of halogens is 1. The van der Waals surface area contributed by atoms with Gasteiger partial charge in [-0.2, -0.15) is 10.1 Å². The van der Waals surface area contributed by atoms with Gasteiger partial charge in [-0.15, -0.1) is 0 Å². The van der Waals surface area contributed by atoms with E-state index in [0.717, 1.165) is 59.7 Å². The Bertz CT molecular complexity index is 1280. The summed E-state index contributed by atoms with van der Waals surface area (Å²) in [6.45, 7) is 7.48. The minimum atomic E-state index is -0.837. The van der Waals surface area contributed by atoms with Crippen molar-refractivity contribution in [2.24, 2.45) is 0 Å². The van der Waals surface area contributed by atoms with Gasteiger partial charge in [0.25, 0.3) is 0 Å². The number of aryl methyl sites for hydroxylation is 1. The van der Waals surface area contributed by atoms with Crippen molar-refractivity contribution in [2.75, 3.05) is 29.0 Å². The summed E-state index contributed by atoms with van der Waals surface area (Å²) in [6, 6.07) is 9.67. The van der Waals surface area contributed by atoms with Crippen molar-refractivity contribution >= 4 is 45.6 Å². The molecular weight excluding hydrogens is 464 g/mol. The van der Waals surface area contributed by atoms with Crippen LogP contribution in [0.15, 0.2) is 48.9 Å². The summed E-state index contributed by atoms with van der Waals surface area (Å²) in [7, 11) is 0. The first kappa shape index (κ1) is 24.7. The molecule has 3 heterocycles. The number of benzene rings is 1. The number of aliphatic hydroxyl groups is 1. The standard InChI is InChI=1S/C25H31ClN8O/c1-17-12-23(33-24(31-17)32-19-14-30-34(15-19)16-25(2,3)35)29-10-5-4-9-27-21-8-11-28-22-13-18(26)6-7-20(21)22/h6-8,11-15,35H,4-5,9-10,16H2,1-3H3,(H,27,28)(H2,29,31,32,33). The van der Waals surface area contributed by atoms with E-state index in [1.807, 2.05) is 43.5 Å². The van der Waals surface area contributed by atoms with Gasteiger partial charge in [-0.05, 0) is 57.9 Å². The molecule has 0 aliphatic carbocycles. The van der Waals surface area contributed by atoms with Crippen LogP contribution in [0.5, 0.6) is 0 Å². The third-order valence-corrected chi connectivity index (χ3v) is 5.46. The summed E-state index contributed by atoms with van der Waals surface area (Å²) in [6.07, 6.45) is 7.30. The number of fused-ring (bicyclic) bond motifs is 1. The zero-order valence-corrected chi connectivity index (χ0v) is 21.0. The van der Waals surface area contributed by atoms with Gasteiger partial charge in [0.2, 0.25) is 5.95 Å². The number of anilines is 4. The second-order valence-corrected chi connectivity index (χ2v) is 9.60. The number of rotatable bonds is 11. The molecule has 0 fully saturated rings. The molecule has 0 radical (unpaired) electrons. The van der Waals surface area contributed by atoms with Gasteiger partial charge in [-0.25, -0.2) is 4.98 Å². The molecule has 0 amide bonds. The largest absolute Gasteiger partial charge is 0.389 e. The van der Waals surface area contributed by atoms with Gasteiger partial charge in [0.15, 0.2) is 0 Å². The maximum absolute atomic E-state index is 9.96. The summed E-state index contributed by atoms with van der Waals surface area (Å²) in [5.74, 6) is 1.27. The number of nitrogens with one attached hydrogen (secondary N) is 3. The van der Waals surface area contributed by atoms with Crippen molar-refractivity contribution in [1.29, 1.82) is 0 Å². The summed E-state index contributed by atoms with van der Waals surface area (Å²) < 4.78 is 1.69. The fraction of sp³-hybridized carbons (Fsp3) is 0.360. The number of hydrogen-bond donors (Lipinski definition) is 4. The van der Waals surface area contributed by atoms with E-state index in [1.165, 1.54) is 0 Å². The van der Waals surface area contributed by atoms with E-state index < -0.39 is 5.60 Å². The molecule has 0 atom stereocenters. The van der Waals surface area contributed by atoms with Crippen LogP contribution in [0.3, 0.4) is 0 Å². The highest BCUT2D eigenvalue weighted by atomic mass is 35.5. The molecule has 0 saturated carbocycles. The quantitative estimate of drug-likeness (QED) is 0.215. The lowest BCUT2D eigenvalue weighted by Gasteiger charge is -2.16. The molecule has 0 bridgehead atoms. The smallest absolute Gasteiger partial charge is 0.229 e. The Morgan fingerprint density at radius 2 is 1.86 bits per heavy atom. The van der Waals surface area contributed by atoms with Crippen LogP contribution in [0.25, 0.3) is 10.9 Å². The van der Waals surface area contributed by atoms with Gasteiger partial charge in [0.05, 0.1) is 29.5 Å². The molecule has 9 nitrogen and oxygen atoms in total. The summed E-state index contributed by atoms with van der Waals surface area (Å²) in [5, 5.41) is 26.1. The Morgan fingerprint density at radius 3 is 2.66 bits per heavy atom. The molecule has 4 N–H and O–H groups in total. The molecule has 35 heavy (non-hydrogen) atoms. The van der Waals surface area contributed by atoms with Crippen molar-refractivity contribution < 1.29 is 5.11 Å². The molecule has 3 aromatic heterocycles. The Balaban J connectivity index is 1.25. The molecule has 0 aliphatic rings. The van der Waals surface area contributed by atoms with Crippen LogP contribution in [0.4, 0.5) is 23.1 Å². The minimum Gasteiger partial charge on any atom is -0.389 e. The van der Waals surface area contributed by atoms with Gasteiger partial charge < -0.3 is 21.1 Å². The second-order valence-electron chi connectivity index (χ2n) is 9.16. The van der Waals surface area contributed by atoms with E-state index in [9.17, 15) is 5.11 Å². The van der Waals surface area contributed by atoms with Crippen LogP contribution >= 0.6 is 11.6 Å². The van der Waals surface area contributed by atoms with Crippen LogP contribution in [-0.2, 0) is 6.54 Å². The number of aromatic nitrogens is 5. The van der Waals surface area contributed by atoms with Crippen molar-refractivity contribution in [1.82, 2.24) is 24.7 Å². The topological polar surface area (TPSA) is 113 Å². The average molecular weight is 495 g/mol. The van der Waals surface area contributed by atoms with Crippen LogP contribution in [0.1, 0.15) is 32.4 Å². The molecule has 0 spiro atoms. The lowest BCUT2D eigenvalue weighted by atomic mass is 10.1. The van der Waals surface area contributed by atoms with E-state index in [2.05, 4.69) is 36.0 Å². The molecule has 0 saturated heterocycles. The van der Waals surface area contributed by atoms with Gasteiger partial charge in [-0.3, -0.25) is 9.67 Å². The third kappa shape index (κ3) is 7.27. The van der Waals surface area contributed by atoms with E-state index >= 15 is 0 Å². The number of hydrogen-bond acceptors (Lipinski definition) is 8. The van der Waals surface area contributed by atoms with Crippen molar-refractivity contribution in [2.45, 2.75) is 45.8 Å².